The number of halogens is 1. The molecular weight excluding hydrogens is 387 g/mol. The number of nitrogens with zero attached hydrogens (tertiary/aromatic N) is 3. The number of amides is 1. The van der Waals surface area contributed by atoms with Crippen LogP contribution in [0.4, 0.5) is 10.2 Å². The number of fused-ring (bicyclic) bond motifs is 1. The quantitative estimate of drug-likeness (QED) is 0.510. The van der Waals surface area contributed by atoms with Crippen LogP contribution in [-0.4, -0.2) is 26.9 Å². The lowest BCUT2D eigenvalue weighted by molar-refractivity contribution is -0.115. The Labute approximate surface area is 172 Å². The highest BCUT2D eigenvalue weighted by Crippen LogP contribution is 2.34. The van der Waals surface area contributed by atoms with Crippen LogP contribution >= 0.6 is 0 Å². The molecule has 1 amide bonds. The first-order chi connectivity index (χ1) is 14.4. The van der Waals surface area contributed by atoms with Crippen LogP contribution in [0.3, 0.4) is 0 Å². The van der Waals surface area contributed by atoms with Crippen LogP contribution in [0.5, 0.6) is 5.75 Å². The summed E-state index contributed by atoms with van der Waals surface area (Å²) in [4.78, 5) is 12.6. The lowest BCUT2D eigenvalue weighted by Crippen LogP contribution is -2.15. The van der Waals surface area contributed by atoms with Crippen molar-refractivity contribution >= 4 is 22.6 Å². The SMILES string of the molecule is Cc1cc(CC(=O)Nc2nn(-c3ccc(F)cc3)c3cccc(OC(C)C)c23)on1. The molecule has 30 heavy (non-hydrogen) atoms. The number of aromatic nitrogens is 3. The molecule has 0 saturated carbocycles. The zero-order chi connectivity index (χ0) is 21.3. The summed E-state index contributed by atoms with van der Waals surface area (Å²) in [7, 11) is 0. The largest absolute Gasteiger partial charge is 0.490 e. The van der Waals surface area contributed by atoms with Gasteiger partial charge in [-0.15, -0.1) is 5.10 Å². The van der Waals surface area contributed by atoms with Gasteiger partial charge in [-0.25, -0.2) is 9.07 Å². The van der Waals surface area contributed by atoms with Gasteiger partial charge in [-0.1, -0.05) is 11.2 Å². The first-order valence-electron chi connectivity index (χ1n) is 9.57. The van der Waals surface area contributed by atoms with Crippen molar-refractivity contribution in [3.63, 3.8) is 0 Å². The lowest BCUT2D eigenvalue weighted by Gasteiger charge is -2.11. The molecule has 4 aromatic rings. The summed E-state index contributed by atoms with van der Waals surface area (Å²) in [6.45, 7) is 5.64. The molecule has 154 valence electrons. The fraction of sp³-hybridized carbons (Fsp3) is 0.227. The van der Waals surface area contributed by atoms with Gasteiger partial charge in [0.25, 0.3) is 0 Å². The van der Waals surface area contributed by atoms with Crippen molar-refractivity contribution in [2.75, 3.05) is 5.32 Å². The van der Waals surface area contributed by atoms with Gasteiger partial charge in [0.1, 0.15) is 17.3 Å². The third-order valence-electron chi connectivity index (χ3n) is 4.37. The first kappa shape index (κ1) is 19.6. The molecule has 0 bridgehead atoms. The molecule has 0 saturated heterocycles. The molecule has 0 atom stereocenters. The van der Waals surface area contributed by atoms with Crippen LogP contribution in [0.2, 0.25) is 0 Å². The van der Waals surface area contributed by atoms with Crippen molar-refractivity contribution in [1.29, 1.82) is 0 Å². The summed E-state index contributed by atoms with van der Waals surface area (Å²) >= 11 is 0. The molecular formula is C22H21FN4O3. The Morgan fingerprint density at radius 2 is 2.00 bits per heavy atom. The summed E-state index contributed by atoms with van der Waals surface area (Å²) in [5.41, 5.74) is 2.09. The number of hydrogen-bond acceptors (Lipinski definition) is 5. The van der Waals surface area contributed by atoms with E-state index in [1.54, 1.807) is 29.8 Å². The Morgan fingerprint density at radius 3 is 2.67 bits per heavy atom. The third-order valence-corrected chi connectivity index (χ3v) is 4.37. The molecule has 0 aliphatic carbocycles. The number of nitrogens with one attached hydrogen (secondary N) is 1. The van der Waals surface area contributed by atoms with Crippen LogP contribution in [0.1, 0.15) is 25.3 Å². The standard InChI is InChI=1S/C22H21FN4O3/c1-13(2)29-19-6-4-5-18-21(19)22(24-20(28)12-17-11-14(3)26-30-17)25-27(18)16-9-7-15(23)8-10-16/h4-11,13H,12H2,1-3H3,(H,24,25,28). The molecule has 0 unspecified atom stereocenters. The van der Waals surface area contributed by atoms with Gasteiger partial charge in [0.2, 0.25) is 5.91 Å². The van der Waals surface area contributed by atoms with Crippen molar-refractivity contribution in [2.45, 2.75) is 33.3 Å². The number of ether oxygens (including phenoxy) is 1. The summed E-state index contributed by atoms with van der Waals surface area (Å²) in [6, 6.07) is 13.2. The zero-order valence-corrected chi connectivity index (χ0v) is 16.8. The number of aryl methyl sites for hydroxylation is 1. The number of carbonyl (C=O) groups is 1. The van der Waals surface area contributed by atoms with Crippen molar-refractivity contribution in [1.82, 2.24) is 14.9 Å². The maximum Gasteiger partial charge on any atom is 0.233 e. The van der Waals surface area contributed by atoms with E-state index in [2.05, 4.69) is 15.6 Å². The number of rotatable bonds is 6. The number of hydrogen-bond donors (Lipinski definition) is 1. The predicted molar refractivity (Wildman–Crippen MR) is 110 cm³/mol. The Balaban J connectivity index is 1.76. The van der Waals surface area contributed by atoms with E-state index in [4.69, 9.17) is 9.26 Å². The molecule has 0 aliphatic heterocycles. The average molecular weight is 408 g/mol. The van der Waals surface area contributed by atoms with Gasteiger partial charge in [0.15, 0.2) is 5.82 Å². The highest BCUT2D eigenvalue weighted by molar-refractivity contribution is 6.03. The summed E-state index contributed by atoms with van der Waals surface area (Å²) in [5, 5.41) is 11.9. The number of anilines is 1. The van der Waals surface area contributed by atoms with E-state index in [-0.39, 0.29) is 24.2 Å². The molecule has 4 rings (SSSR count). The topological polar surface area (TPSA) is 82.2 Å². The van der Waals surface area contributed by atoms with Gasteiger partial charge in [-0.05, 0) is 57.2 Å². The van der Waals surface area contributed by atoms with Crippen LogP contribution < -0.4 is 10.1 Å². The van der Waals surface area contributed by atoms with Gasteiger partial charge in [-0.3, -0.25) is 4.79 Å². The highest BCUT2D eigenvalue weighted by atomic mass is 19.1. The molecule has 2 aromatic carbocycles. The zero-order valence-electron chi connectivity index (χ0n) is 16.8. The van der Waals surface area contributed by atoms with Crippen LogP contribution in [0.15, 0.2) is 53.1 Å². The highest BCUT2D eigenvalue weighted by Gasteiger charge is 2.19. The molecule has 7 nitrogen and oxygen atoms in total. The Bertz CT molecular complexity index is 1200. The van der Waals surface area contributed by atoms with Crippen molar-refractivity contribution in [3.05, 3.63) is 65.8 Å². The first-order valence-corrected chi connectivity index (χ1v) is 9.57. The lowest BCUT2D eigenvalue weighted by atomic mass is 10.2. The molecule has 0 radical (unpaired) electrons. The molecule has 0 fully saturated rings. The molecule has 2 heterocycles. The van der Waals surface area contributed by atoms with Crippen LogP contribution in [0.25, 0.3) is 16.6 Å². The monoisotopic (exact) mass is 408 g/mol. The smallest absolute Gasteiger partial charge is 0.233 e. The van der Waals surface area contributed by atoms with Gasteiger partial charge >= 0.3 is 0 Å². The van der Waals surface area contributed by atoms with E-state index in [0.717, 1.165) is 5.52 Å². The number of carbonyl (C=O) groups excluding carboxylic acids is 1. The minimum atomic E-state index is -0.338. The van der Waals surface area contributed by atoms with E-state index in [0.29, 0.717) is 34.1 Å². The second kappa shape index (κ2) is 7.98. The molecule has 8 heteroatoms. The predicted octanol–water partition coefficient (Wildman–Crippen LogP) is 4.43. The van der Waals surface area contributed by atoms with Gasteiger partial charge in [0.05, 0.1) is 34.8 Å². The second-order valence-electron chi connectivity index (χ2n) is 7.21. The number of benzene rings is 2. The minimum absolute atomic E-state index is 0.0267. The third kappa shape index (κ3) is 4.03. The Kier molecular flexibility index (Phi) is 5.22. The van der Waals surface area contributed by atoms with Crippen molar-refractivity contribution < 1.29 is 18.4 Å². The Morgan fingerprint density at radius 1 is 1.23 bits per heavy atom. The molecule has 0 aliphatic rings. The molecule has 0 spiro atoms. The maximum absolute atomic E-state index is 13.4. The van der Waals surface area contributed by atoms with Gasteiger partial charge in [-0.2, -0.15) is 0 Å². The van der Waals surface area contributed by atoms with Crippen molar-refractivity contribution in [3.8, 4) is 11.4 Å². The van der Waals surface area contributed by atoms with Crippen molar-refractivity contribution in [2.24, 2.45) is 0 Å². The van der Waals surface area contributed by atoms with Gasteiger partial charge < -0.3 is 14.6 Å². The minimum Gasteiger partial charge on any atom is -0.490 e. The fourth-order valence-electron chi connectivity index (χ4n) is 3.19. The fourth-order valence-corrected chi connectivity index (χ4v) is 3.19. The van der Waals surface area contributed by atoms with E-state index in [1.807, 2.05) is 32.0 Å². The average Bonchev–Trinajstić information content (AvgIpc) is 3.26. The summed E-state index contributed by atoms with van der Waals surface area (Å²) in [5.74, 6) is 0.783. The van der Waals surface area contributed by atoms with E-state index >= 15 is 0 Å². The van der Waals surface area contributed by atoms with Crippen LogP contribution in [-0.2, 0) is 11.2 Å². The second-order valence-corrected chi connectivity index (χ2v) is 7.21. The van der Waals surface area contributed by atoms with Crippen LogP contribution in [0, 0.1) is 12.7 Å². The normalized spacial score (nSPS) is 11.2. The van der Waals surface area contributed by atoms with E-state index < -0.39 is 0 Å². The van der Waals surface area contributed by atoms with E-state index in [1.165, 1.54) is 12.1 Å². The summed E-state index contributed by atoms with van der Waals surface area (Å²) < 4.78 is 26.1. The Hall–Kier alpha value is -3.68. The maximum atomic E-state index is 13.4. The molecule has 1 N–H and O–H groups in total. The molecule has 2 aromatic heterocycles. The summed E-state index contributed by atoms with van der Waals surface area (Å²) in [6.07, 6.45) is -0.0376. The van der Waals surface area contributed by atoms with E-state index in [9.17, 15) is 9.18 Å². The van der Waals surface area contributed by atoms with Gasteiger partial charge in [0, 0.05) is 6.07 Å².